The van der Waals surface area contributed by atoms with Crippen LogP contribution in [0.15, 0.2) is 24.3 Å². The number of carbonyl (C=O) groups is 2. The number of halogens is 1. The first kappa shape index (κ1) is 17.5. The highest BCUT2D eigenvalue weighted by atomic mass is 35.5. The predicted molar refractivity (Wildman–Crippen MR) is 84.3 cm³/mol. The van der Waals surface area contributed by atoms with Crippen molar-refractivity contribution in [3.8, 4) is 0 Å². The maximum absolute atomic E-state index is 12.1. The summed E-state index contributed by atoms with van der Waals surface area (Å²) < 4.78 is 0. The van der Waals surface area contributed by atoms with Gasteiger partial charge in [0.15, 0.2) is 0 Å². The molecule has 2 rings (SSSR count). The van der Waals surface area contributed by atoms with E-state index >= 15 is 0 Å². The van der Waals surface area contributed by atoms with Gasteiger partial charge in [0.2, 0.25) is 5.91 Å². The number of hydrogen-bond acceptors (Lipinski definition) is 3. The lowest BCUT2D eigenvalue weighted by Gasteiger charge is -2.16. The van der Waals surface area contributed by atoms with Crippen molar-refractivity contribution in [2.45, 2.75) is 32.4 Å². The molecule has 1 unspecified atom stereocenters. The van der Waals surface area contributed by atoms with E-state index in [1.54, 1.807) is 12.1 Å². The molecule has 3 N–H and O–H groups in total. The Morgan fingerprint density at radius 1 is 1.33 bits per heavy atom. The summed E-state index contributed by atoms with van der Waals surface area (Å²) in [6, 6.07) is 7.32. The average Bonchev–Trinajstić information content (AvgIpc) is 2.95. The molecule has 6 heteroatoms. The highest BCUT2D eigenvalue weighted by Gasteiger charge is 2.26. The molecule has 1 aliphatic heterocycles. The molecule has 1 aromatic rings. The molecule has 2 amide bonds. The first-order valence-corrected chi connectivity index (χ1v) is 7.01. The standard InChI is InChI=1S/C15H21N3O2.ClH/c1-2-14(19)18-8-7-13(10-18)17-15(20)12-5-3-11(9-16)4-6-12;/h3-6,13H,2,7-10,16H2,1H3,(H,17,20);1H. The van der Waals surface area contributed by atoms with Crippen LogP contribution in [0.4, 0.5) is 0 Å². The predicted octanol–water partition coefficient (Wildman–Crippen LogP) is 1.31. The third-order valence-corrected chi connectivity index (χ3v) is 3.63. The van der Waals surface area contributed by atoms with Crippen molar-refractivity contribution < 1.29 is 9.59 Å². The summed E-state index contributed by atoms with van der Waals surface area (Å²) in [5.41, 5.74) is 7.16. The topological polar surface area (TPSA) is 75.4 Å². The van der Waals surface area contributed by atoms with Gasteiger partial charge in [-0.2, -0.15) is 0 Å². The number of carbonyl (C=O) groups excluding carboxylic acids is 2. The molecule has 1 aliphatic rings. The smallest absolute Gasteiger partial charge is 0.251 e. The maximum atomic E-state index is 12.1. The summed E-state index contributed by atoms with van der Waals surface area (Å²) in [5, 5.41) is 2.98. The van der Waals surface area contributed by atoms with Crippen LogP contribution in [0.3, 0.4) is 0 Å². The van der Waals surface area contributed by atoms with Crippen LogP contribution in [-0.2, 0) is 11.3 Å². The highest BCUT2D eigenvalue weighted by Crippen LogP contribution is 2.12. The molecule has 0 saturated carbocycles. The number of likely N-dealkylation sites (tertiary alicyclic amines) is 1. The molecule has 0 bridgehead atoms. The Morgan fingerprint density at radius 3 is 2.57 bits per heavy atom. The third kappa shape index (κ3) is 4.44. The second-order valence-electron chi connectivity index (χ2n) is 5.05. The first-order valence-electron chi connectivity index (χ1n) is 7.01. The van der Waals surface area contributed by atoms with E-state index in [2.05, 4.69) is 5.32 Å². The quantitative estimate of drug-likeness (QED) is 0.880. The minimum atomic E-state index is -0.0932. The van der Waals surface area contributed by atoms with E-state index in [1.807, 2.05) is 24.0 Å². The van der Waals surface area contributed by atoms with Crippen LogP contribution in [0.5, 0.6) is 0 Å². The van der Waals surface area contributed by atoms with E-state index in [9.17, 15) is 9.59 Å². The van der Waals surface area contributed by atoms with Gasteiger partial charge in [-0.1, -0.05) is 19.1 Å². The fraction of sp³-hybridized carbons (Fsp3) is 0.467. The first-order chi connectivity index (χ1) is 9.63. The number of nitrogens with zero attached hydrogens (tertiary/aromatic N) is 1. The Kier molecular flexibility index (Phi) is 6.65. The number of nitrogens with two attached hydrogens (primary N) is 1. The van der Waals surface area contributed by atoms with Crippen LogP contribution < -0.4 is 11.1 Å². The lowest BCUT2D eigenvalue weighted by Crippen LogP contribution is -2.38. The third-order valence-electron chi connectivity index (χ3n) is 3.63. The SMILES string of the molecule is CCC(=O)N1CCC(NC(=O)c2ccc(CN)cc2)C1.Cl. The largest absolute Gasteiger partial charge is 0.347 e. The molecule has 1 aromatic carbocycles. The molecule has 1 heterocycles. The average molecular weight is 312 g/mol. The highest BCUT2D eigenvalue weighted by molar-refractivity contribution is 5.94. The number of benzene rings is 1. The van der Waals surface area contributed by atoms with E-state index in [-0.39, 0.29) is 30.3 Å². The van der Waals surface area contributed by atoms with Crippen LogP contribution in [0.2, 0.25) is 0 Å². The molecule has 1 fully saturated rings. The Hall–Kier alpha value is -1.59. The molecule has 0 aromatic heterocycles. The number of nitrogens with one attached hydrogen (secondary N) is 1. The molecular formula is C15H22ClN3O2. The molecular weight excluding hydrogens is 290 g/mol. The van der Waals surface area contributed by atoms with Crippen molar-refractivity contribution in [1.29, 1.82) is 0 Å². The summed E-state index contributed by atoms with van der Waals surface area (Å²) in [6.45, 7) is 3.66. The number of hydrogen-bond donors (Lipinski definition) is 2. The minimum Gasteiger partial charge on any atom is -0.347 e. The molecule has 0 spiro atoms. The van der Waals surface area contributed by atoms with Crippen LogP contribution in [0, 0.1) is 0 Å². The van der Waals surface area contributed by atoms with Crippen molar-refractivity contribution in [3.05, 3.63) is 35.4 Å². The number of rotatable bonds is 4. The van der Waals surface area contributed by atoms with E-state index in [4.69, 9.17) is 5.73 Å². The van der Waals surface area contributed by atoms with Crippen LogP contribution in [-0.4, -0.2) is 35.8 Å². The Bertz CT molecular complexity index is 490. The van der Waals surface area contributed by atoms with Gasteiger partial charge >= 0.3 is 0 Å². The molecule has 1 atom stereocenters. The summed E-state index contributed by atoms with van der Waals surface area (Å²) in [5.74, 6) is 0.0541. The second kappa shape index (κ2) is 8.00. The summed E-state index contributed by atoms with van der Waals surface area (Å²) in [6.07, 6.45) is 1.33. The van der Waals surface area contributed by atoms with E-state index in [0.717, 1.165) is 18.5 Å². The normalized spacial score (nSPS) is 17.2. The van der Waals surface area contributed by atoms with Gasteiger partial charge in [0.25, 0.3) is 5.91 Å². The minimum absolute atomic E-state index is 0. The van der Waals surface area contributed by atoms with Gasteiger partial charge in [0, 0.05) is 37.7 Å². The molecule has 21 heavy (non-hydrogen) atoms. The van der Waals surface area contributed by atoms with E-state index in [0.29, 0.717) is 25.1 Å². The monoisotopic (exact) mass is 311 g/mol. The second-order valence-corrected chi connectivity index (χ2v) is 5.05. The van der Waals surface area contributed by atoms with Gasteiger partial charge in [-0.15, -0.1) is 12.4 Å². The van der Waals surface area contributed by atoms with Crippen LogP contribution in [0.25, 0.3) is 0 Å². The molecule has 5 nitrogen and oxygen atoms in total. The van der Waals surface area contributed by atoms with Crippen molar-refractivity contribution in [1.82, 2.24) is 10.2 Å². The Morgan fingerprint density at radius 2 is 2.00 bits per heavy atom. The van der Waals surface area contributed by atoms with Crippen LogP contribution >= 0.6 is 12.4 Å². The Labute approximate surface area is 131 Å². The lowest BCUT2D eigenvalue weighted by molar-refractivity contribution is -0.129. The summed E-state index contributed by atoms with van der Waals surface area (Å²) in [7, 11) is 0. The molecule has 0 aliphatic carbocycles. The van der Waals surface area contributed by atoms with Gasteiger partial charge in [0.05, 0.1) is 0 Å². The van der Waals surface area contributed by atoms with Gasteiger partial charge in [-0.25, -0.2) is 0 Å². The van der Waals surface area contributed by atoms with Gasteiger partial charge in [0.1, 0.15) is 0 Å². The molecule has 0 radical (unpaired) electrons. The fourth-order valence-corrected chi connectivity index (χ4v) is 2.39. The van der Waals surface area contributed by atoms with Crippen molar-refractivity contribution in [3.63, 3.8) is 0 Å². The fourth-order valence-electron chi connectivity index (χ4n) is 2.39. The van der Waals surface area contributed by atoms with Gasteiger partial charge in [-0.3, -0.25) is 9.59 Å². The summed E-state index contributed by atoms with van der Waals surface area (Å²) >= 11 is 0. The zero-order chi connectivity index (χ0) is 14.5. The zero-order valence-corrected chi connectivity index (χ0v) is 13.0. The van der Waals surface area contributed by atoms with Crippen molar-refractivity contribution >= 4 is 24.2 Å². The van der Waals surface area contributed by atoms with Gasteiger partial charge in [-0.05, 0) is 24.1 Å². The molecule has 1 saturated heterocycles. The summed E-state index contributed by atoms with van der Waals surface area (Å²) in [4.78, 5) is 25.5. The van der Waals surface area contributed by atoms with Gasteiger partial charge < -0.3 is 16.0 Å². The van der Waals surface area contributed by atoms with E-state index in [1.165, 1.54) is 0 Å². The maximum Gasteiger partial charge on any atom is 0.251 e. The molecule has 116 valence electrons. The van der Waals surface area contributed by atoms with Crippen molar-refractivity contribution in [2.75, 3.05) is 13.1 Å². The Balaban J connectivity index is 0.00000220. The van der Waals surface area contributed by atoms with Crippen LogP contribution in [0.1, 0.15) is 35.7 Å². The van der Waals surface area contributed by atoms with Crippen molar-refractivity contribution in [2.24, 2.45) is 5.73 Å². The zero-order valence-electron chi connectivity index (χ0n) is 12.2. The lowest BCUT2D eigenvalue weighted by atomic mass is 10.1. The number of amides is 2. The van der Waals surface area contributed by atoms with E-state index < -0.39 is 0 Å².